The normalized spacial score (nSPS) is 9.92. The summed E-state index contributed by atoms with van der Waals surface area (Å²) in [6.07, 6.45) is 4.00. The summed E-state index contributed by atoms with van der Waals surface area (Å²) in [6, 6.07) is 11.9. The van der Waals surface area contributed by atoms with E-state index in [-0.39, 0.29) is 0 Å². The van der Waals surface area contributed by atoms with Gasteiger partial charge in [-0.15, -0.1) is 0 Å². The molecule has 2 rings (SSSR count). The van der Waals surface area contributed by atoms with Crippen LogP contribution in [0.15, 0.2) is 48.8 Å². The average molecular weight is 173 g/mol. The molecule has 0 atom stereocenters. The summed E-state index contributed by atoms with van der Waals surface area (Å²) in [5.41, 5.74) is 1.06. The SMILES string of the molecule is COc1ccccc1-n1cccc1. The molecular weight excluding hydrogens is 162 g/mol. The molecule has 0 N–H and O–H groups in total. The zero-order valence-corrected chi connectivity index (χ0v) is 7.47. The van der Waals surface area contributed by atoms with E-state index in [9.17, 15) is 0 Å². The second kappa shape index (κ2) is 3.35. The molecule has 0 saturated carbocycles. The van der Waals surface area contributed by atoms with Gasteiger partial charge in [0, 0.05) is 12.4 Å². The molecule has 2 heteroatoms. The van der Waals surface area contributed by atoms with Crippen molar-refractivity contribution < 1.29 is 4.74 Å². The van der Waals surface area contributed by atoms with Crippen LogP contribution >= 0.6 is 0 Å². The highest BCUT2D eigenvalue weighted by molar-refractivity contribution is 5.46. The molecular formula is C11H11NO. The molecule has 0 spiro atoms. The number of methoxy groups -OCH3 is 1. The van der Waals surface area contributed by atoms with Crippen molar-refractivity contribution >= 4 is 0 Å². The minimum atomic E-state index is 0.888. The van der Waals surface area contributed by atoms with Gasteiger partial charge in [-0.05, 0) is 24.3 Å². The molecule has 0 fully saturated rings. The van der Waals surface area contributed by atoms with Crippen molar-refractivity contribution in [3.63, 3.8) is 0 Å². The number of para-hydroxylation sites is 2. The minimum absolute atomic E-state index is 0.888. The standard InChI is InChI=1S/C11H11NO/c1-13-11-7-3-2-6-10(11)12-8-4-5-9-12/h2-9H,1H3. The Bertz CT molecular complexity index is 379. The molecule has 0 amide bonds. The molecule has 0 saturated heterocycles. The Morgan fingerprint density at radius 2 is 1.69 bits per heavy atom. The maximum absolute atomic E-state index is 5.25. The molecule has 0 aliphatic heterocycles. The molecule has 0 unspecified atom stereocenters. The fourth-order valence-corrected chi connectivity index (χ4v) is 1.34. The Kier molecular flexibility index (Phi) is 2.04. The highest BCUT2D eigenvalue weighted by Crippen LogP contribution is 2.21. The summed E-state index contributed by atoms with van der Waals surface area (Å²) in [5, 5.41) is 0. The number of aromatic nitrogens is 1. The lowest BCUT2D eigenvalue weighted by Gasteiger charge is -2.08. The van der Waals surface area contributed by atoms with E-state index in [1.54, 1.807) is 7.11 Å². The first-order valence-electron chi connectivity index (χ1n) is 4.18. The first kappa shape index (κ1) is 7.92. The van der Waals surface area contributed by atoms with Gasteiger partial charge in [0.15, 0.2) is 0 Å². The van der Waals surface area contributed by atoms with Crippen molar-refractivity contribution in [2.75, 3.05) is 7.11 Å². The molecule has 0 aliphatic rings. The maximum Gasteiger partial charge on any atom is 0.142 e. The van der Waals surface area contributed by atoms with Crippen LogP contribution in [-0.4, -0.2) is 11.7 Å². The first-order chi connectivity index (χ1) is 6.42. The lowest BCUT2D eigenvalue weighted by molar-refractivity contribution is 0.413. The Morgan fingerprint density at radius 3 is 2.38 bits per heavy atom. The predicted octanol–water partition coefficient (Wildman–Crippen LogP) is 2.49. The van der Waals surface area contributed by atoms with E-state index in [0.717, 1.165) is 11.4 Å². The van der Waals surface area contributed by atoms with Crippen molar-refractivity contribution in [1.82, 2.24) is 4.57 Å². The zero-order chi connectivity index (χ0) is 9.10. The molecule has 1 aromatic carbocycles. The van der Waals surface area contributed by atoms with Crippen LogP contribution in [0.3, 0.4) is 0 Å². The van der Waals surface area contributed by atoms with Gasteiger partial charge in [0.05, 0.1) is 12.8 Å². The van der Waals surface area contributed by atoms with E-state index in [4.69, 9.17) is 4.74 Å². The third-order valence-corrected chi connectivity index (χ3v) is 1.97. The van der Waals surface area contributed by atoms with E-state index in [1.165, 1.54) is 0 Å². The molecule has 1 aromatic heterocycles. The number of hydrogen-bond donors (Lipinski definition) is 0. The van der Waals surface area contributed by atoms with E-state index in [0.29, 0.717) is 0 Å². The number of nitrogens with zero attached hydrogens (tertiary/aromatic N) is 1. The monoisotopic (exact) mass is 173 g/mol. The molecule has 66 valence electrons. The van der Waals surface area contributed by atoms with Gasteiger partial charge < -0.3 is 9.30 Å². The third kappa shape index (κ3) is 1.43. The summed E-state index contributed by atoms with van der Waals surface area (Å²) < 4.78 is 7.27. The van der Waals surface area contributed by atoms with Gasteiger partial charge >= 0.3 is 0 Å². The Morgan fingerprint density at radius 1 is 1.00 bits per heavy atom. The largest absolute Gasteiger partial charge is 0.495 e. The number of ether oxygens (including phenoxy) is 1. The molecule has 2 nitrogen and oxygen atoms in total. The van der Waals surface area contributed by atoms with Gasteiger partial charge in [0.2, 0.25) is 0 Å². The third-order valence-electron chi connectivity index (χ3n) is 1.97. The van der Waals surface area contributed by atoms with Crippen molar-refractivity contribution in [1.29, 1.82) is 0 Å². The molecule has 0 bridgehead atoms. The highest BCUT2D eigenvalue weighted by atomic mass is 16.5. The lowest BCUT2D eigenvalue weighted by Crippen LogP contribution is -1.94. The quantitative estimate of drug-likeness (QED) is 0.680. The first-order valence-corrected chi connectivity index (χ1v) is 4.18. The van der Waals surface area contributed by atoms with Crippen LogP contribution in [0.25, 0.3) is 5.69 Å². The van der Waals surface area contributed by atoms with E-state index in [2.05, 4.69) is 0 Å². The van der Waals surface area contributed by atoms with Crippen LogP contribution in [-0.2, 0) is 0 Å². The Labute approximate surface area is 77.4 Å². The van der Waals surface area contributed by atoms with Gasteiger partial charge in [0.1, 0.15) is 5.75 Å². The minimum Gasteiger partial charge on any atom is -0.495 e. The van der Waals surface area contributed by atoms with Crippen LogP contribution < -0.4 is 4.74 Å². The van der Waals surface area contributed by atoms with E-state index < -0.39 is 0 Å². The van der Waals surface area contributed by atoms with Crippen LogP contribution in [0.2, 0.25) is 0 Å². The van der Waals surface area contributed by atoms with Crippen LogP contribution in [0.1, 0.15) is 0 Å². The van der Waals surface area contributed by atoms with Gasteiger partial charge in [-0.3, -0.25) is 0 Å². The molecule has 0 aliphatic carbocycles. The van der Waals surface area contributed by atoms with Crippen molar-refractivity contribution in [2.45, 2.75) is 0 Å². The van der Waals surface area contributed by atoms with Gasteiger partial charge in [-0.2, -0.15) is 0 Å². The lowest BCUT2D eigenvalue weighted by atomic mass is 10.3. The van der Waals surface area contributed by atoms with Crippen molar-refractivity contribution in [3.8, 4) is 11.4 Å². The maximum atomic E-state index is 5.25. The number of hydrogen-bond acceptors (Lipinski definition) is 1. The Balaban J connectivity index is 2.51. The fraction of sp³-hybridized carbons (Fsp3) is 0.0909. The zero-order valence-electron chi connectivity index (χ0n) is 7.47. The summed E-state index contributed by atoms with van der Waals surface area (Å²) >= 11 is 0. The fourth-order valence-electron chi connectivity index (χ4n) is 1.34. The van der Waals surface area contributed by atoms with Crippen LogP contribution in [0, 0.1) is 0 Å². The summed E-state index contributed by atoms with van der Waals surface area (Å²) in [5.74, 6) is 0.888. The summed E-state index contributed by atoms with van der Waals surface area (Å²) in [6.45, 7) is 0. The van der Waals surface area contributed by atoms with Crippen LogP contribution in [0.5, 0.6) is 5.75 Å². The van der Waals surface area contributed by atoms with Gasteiger partial charge in [0.25, 0.3) is 0 Å². The topological polar surface area (TPSA) is 14.2 Å². The van der Waals surface area contributed by atoms with Crippen molar-refractivity contribution in [2.24, 2.45) is 0 Å². The van der Waals surface area contributed by atoms with Crippen molar-refractivity contribution in [3.05, 3.63) is 48.8 Å². The van der Waals surface area contributed by atoms with Crippen LogP contribution in [0.4, 0.5) is 0 Å². The Hall–Kier alpha value is -1.70. The second-order valence-corrected chi connectivity index (χ2v) is 2.76. The van der Waals surface area contributed by atoms with E-state index >= 15 is 0 Å². The molecule has 2 aromatic rings. The predicted molar refractivity (Wildman–Crippen MR) is 52.3 cm³/mol. The smallest absolute Gasteiger partial charge is 0.142 e. The summed E-state index contributed by atoms with van der Waals surface area (Å²) in [7, 11) is 1.68. The van der Waals surface area contributed by atoms with Gasteiger partial charge in [-0.25, -0.2) is 0 Å². The molecule has 1 heterocycles. The summed E-state index contributed by atoms with van der Waals surface area (Å²) in [4.78, 5) is 0. The van der Waals surface area contributed by atoms with Gasteiger partial charge in [-0.1, -0.05) is 12.1 Å². The highest BCUT2D eigenvalue weighted by Gasteiger charge is 2.00. The number of benzene rings is 1. The molecule has 13 heavy (non-hydrogen) atoms. The molecule has 0 radical (unpaired) electrons. The van der Waals surface area contributed by atoms with E-state index in [1.807, 2.05) is 53.4 Å². The number of rotatable bonds is 2. The second-order valence-electron chi connectivity index (χ2n) is 2.76. The average Bonchev–Trinajstić information content (AvgIpc) is 2.70.